The largest absolute Gasteiger partial charge is 0.503 e. The topological polar surface area (TPSA) is 32.3 Å². The van der Waals surface area contributed by atoms with Crippen molar-refractivity contribution in [3.05, 3.63) is 29.3 Å². The molecule has 1 fully saturated rings. The SMILES string of the molecule is Oc1c(F)cc(CNCC2CCSCC2)cc1F. The third-order valence-electron chi connectivity index (χ3n) is 3.18. The number of thioether (sulfide) groups is 1. The average molecular weight is 273 g/mol. The first kappa shape index (κ1) is 13.6. The fourth-order valence-corrected chi connectivity index (χ4v) is 3.30. The van der Waals surface area contributed by atoms with Gasteiger partial charge in [-0.3, -0.25) is 0 Å². The number of phenols is 1. The molecule has 18 heavy (non-hydrogen) atoms. The highest BCUT2D eigenvalue weighted by atomic mass is 32.2. The molecule has 2 N–H and O–H groups in total. The van der Waals surface area contributed by atoms with Gasteiger partial charge in [0.05, 0.1) is 0 Å². The second-order valence-corrected chi connectivity index (χ2v) is 5.82. The molecule has 0 bridgehead atoms. The van der Waals surface area contributed by atoms with Crippen molar-refractivity contribution in [3.63, 3.8) is 0 Å². The van der Waals surface area contributed by atoms with Crippen LogP contribution in [0, 0.1) is 17.6 Å². The predicted octanol–water partition coefficient (Wildman–Crippen LogP) is 2.90. The summed E-state index contributed by atoms with van der Waals surface area (Å²) in [4.78, 5) is 0. The predicted molar refractivity (Wildman–Crippen MR) is 69.8 cm³/mol. The zero-order valence-corrected chi connectivity index (χ0v) is 10.9. The third kappa shape index (κ3) is 3.59. The second kappa shape index (κ2) is 6.38. The van der Waals surface area contributed by atoms with E-state index in [9.17, 15) is 8.78 Å². The minimum atomic E-state index is -0.902. The Morgan fingerprint density at radius 1 is 1.22 bits per heavy atom. The van der Waals surface area contributed by atoms with Gasteiger partial charge in [0.2, 0.25) is 0 Å². The van der Waals surface area contributed by atoms with Gasteiger partial charge in [-0.2, -0.15) is 11.8 Å². The highest BCUT2D eigenvalue weighted by Crippen LogP contribution is 2.23. The van der Waals surface area contributed by atoms with E-state index >= 15 is 0 Å². The zero-order valence-electron chi connectivity index (χ0n) is 10.1. The average Bonchev–Trinajstić information content (AvgIpc) is 2.37. The van der Waals surface area contributed by atoms with Gasteiger partial charge in [-0.1, -0.05) is 0 Å². The summed E-state index contributed by atoms with van der Waals surface area (Å²) in [5.41, 5.74) is 0.521. The lowest BCUT2D eigenvalue weighted by atomic mass is 10.0. The summed E-state index contributed by atoms with van der Waals surface area (Å²) in [5.74, 6) is 0.367. The van der Waals surface area contributed by atoms with Crippen LogP contribution in [0.25, 0.3) is 0 Å². The van der Waals surface area contributed by atoms with E-state index in [0.717, 1.165) is 6.54 Å². The van der Waals surface area contributed by atoms with Crippen LogP contribution in [0.1, 0.15) is 18.4 Å². The molecular weight excluding hydrogens is 256 g/mol. The molecule has 100 valence electrons. The van der Waals surface area contributed by atoms with Crippen LogP contribution in [-0.2, 0) is 6.54 Å². The zero-order chi connectivity index (χ0) is 13.0. The number of hydrogen-bond donors (Lipinski definition) is 2. The molecule has 0 saturated carbocycles. The van der Waals surface area contributed by atoms with Crippen LogP contribution in [0.5, 0.6) is 5.75 Å². The fourth-order valence-electron chi connectivity index (χ4n) is 2.09. The van der Waals surface area contributed by atoms with Crippen molar-refractivity contribution in [1.29, 1.82) is 0 Å². The summed E-state index contributed by atoms with van der Waals surface area (Å²) in [5, 5.41) is 12.2. The summed E-state index contributed by atoms with van der Waals surface area (Å²) >= 11 is 1.98. The number of nitrogens with one attached hydrogen (secondary N) is 1. The van der Waals surface area contributed by atoms with Gasteiger partial charge in [0.15, 0.2) is 17.4 Å². The molecule has 1 heterocycles. The minimum Gasteiger partial charge on any atom is -0.503 e. The monoisotopic (exact) mass is 273 g/mol. The number of hydrogen-bond acceptors (Lipinski definition) is 3. The van der Waals surface area contributed by atoms with Gasteiger partial charge in [0.1, 0.15) is 0 Å². The second-order valence-electron chi connectivity index (χ2n) is 4.59. The van der Waals surface area contributed by atoms with E-state index in [-0.39, 0.29) is 0 Å². The van der Waals surface area contributed by atoms with E-state index in [4.69, 9.17) is 5.11 Å². The van der Waals surface area contributed by atoms with Crippen LogP contribution in [0.2, 0.25) is 0 Å². The summed E-state index contributed by atoms with van der Waals surface area (Å²) in [7, 11) is 0. The first-order valence-electron chi connectivity index (χ1n) is 6.12. The quantitative estimate of drug-likeness (QED) is 0.884. The third-order valence-corrected chi connectivity index (χ3v) is 4.23. The van der Waals surface area contributed by atoms with Crippen molar-refractivity contribution >= 4 is 11.8 Å². The highest BCUT2D eigenvalue weighted by molar-refractivity contribution is 7.99. The smallest absolute Gasteiger partial charge is 0.187 e. The van der Waals surface area contributed by atoms with Crippen LogP contribution in [-0.4, -0.2) is 23.2 Å². The molecule has 2 nitrogen and oxygen atoms in total. The fraction of sp³-hybridized carbons (Fsp3) is 0.538. The number of benzene rings is 1. The molecule has 0 spiro atoms. The molecule has 1 aromatic rings. The summed E-state index contributed by atoms with van der Waals surface area (Å²) in [6.45, 7) is 1.31. The Morgan fingerprint density at radius 2 is 1.83 bits per heavy atom. The van der Waals surface area contributed by atoms with Crippen molar-refractivity contribution in [3.8, 4) is 5.75 Å². The normalized spacial score (nSPS) is 17.0. The molecular formula is C13H17F2NOS. The lowest BCUT2D eigenvalue weighted by molar-refractivity contribution is 0.394. The molecule has 0 aromatic heterocycles. The van der Waals surface area contributed by atoms with Gasteiger partial charge < -0.3 is 10.4 Å². The van der Waals surface area contributed by atoms with Crippen LogP contribution >= 0.6 is 11.8 Å². The maximum atomic E-state index is 13.1. The maximum absolute atomic E-state index is 13.1. The van der Waals surface area contributed by atoms with Crippen molar-refractivity contribution in [2.45, 2.75) is 19.4 Å². The molecule has 2 rings (SSSR count). The van der Waals surface area contributed by atoms with Crippen LogP contribution in [0.3, 0.4) is 0 Å². The first-order valence-corrected chi connectivity index (χ1v) is 7.27. The molecule has 5 heteroatoms. The molecule has 0 unspecified atom stereocenters. The van der Waals surface area contributed by atoms with Gasteiger partial charge in [-0.25, -0.2) is 8.78 Å². The van der Waals surface area contributed by atoms with Crippen molar-refractivity contribution in [2.75, 3.05) is 18.1 Å². The van der Waals surface area contributed by atoms with E-state index in [2.05, 4.69) is 5.32 Å². The number of rotatable bonds is 4. The first-order chi connectivity index (χ1) is 8.66. The Morgan fingerprint density at radius 3 is 2.44 bits per heavy atom. The Bertz CT molecular complexity index is 385. The lowest BCUT2D eigenvalue weighted by Crippen LogP contribution is -2.25. The molecule has 1 aliphatic rings. The summed E-state index contributed by atoms with van der Waals surface area (Å²) in [6, 6.07) is 2.34. The van der Waals surface area contributed by atoms with Crippen LogP contribution < -0.4 is 5.32 Å². The van der Waals surface area contributed by atoms with E-state index in [1.54, 1.807) is 0 Å². The molecule has 1 aliphatic heterocycles. The standard InChI is InChI=1S/C13H17F2NOS/c14-11-5-10(6-12(15)13(11)17)8-16-7-9-1-3-18-4-2-9/h5-6,9,16-17H,1-4,7-8H2. The Balaban J connectivity index is 1.82. The van der Waals surface area contributed by atoms with Crippen LogP contribution in [0.15, 0.2) is 12.1 Å². The molecule has 0 radical (unpaired) electrons. The molecule has 1 aromatic carbocycles. The lowest BCUT2D eigenvalue weighted by Gasteiger charge is -2.21. The van der Waals surface area contributed by atoms with Crippen molar-refractivity contribution < 1.29 is 13.9 Å². The van der Waals surface area contributed by atoms with Crippen LogP contribution in [0.4, 0.5) is 8.78 Å². The van der Waals surface area contributed by atoms with E-state index in [0.29, 0.717) is 18.0 Å². The maximum Gasteiger partial charge on any atom is 0.187 e. The van der Waals surface area contributed by atoms with E-state index < -0.39 is 17.4 Å². The van der Waals surface area contributed by atoms with Crippen molar-refractivity contribution in [2.24, 2.45) is 5.92 Å². The number of phenolic OH excluding ortho intramolecular Hbond substituents is 1. The summed E-state index contributed by atoms with van der Waals surface area (Å²) in [6.07, 6.45) is 2.41. The Kier molecular flexibility index (Phi) is 4.83. The van der Waals surface area contributed by atoms with Gasteiger partial charge in [0.25, 0.3) is 0 Å². The molecule has 0 amide bonds. The Hall–Kier alpha value is -0.810. The highest BCUT2D eigenvalue weighted by Gasteiger charge is 2.13. The van der Waals surface area contributed by atoms with Gasteiger partial charge >= 0.3 is 0 Å². The minimum absolute atomic E-state index is 0.428. The van der Waals surface area contributed by atoms with Gasteiger partial charge in [-0.05, 0) is 54.5 Å². The molecule has 1 saturated heterocycles. The Labute approximate surface area is 110 Å². The van der Waals surface area contributed by atoms with Crippen molar-refractivity contribution in [1.82, 2.24) is 5.32 Å². The van der Waals surface area contributed by atoms with Gasteiger partial charge in [-0.15, -0.1) is 0 Å². The number of aromatic hydroxyl groups is 1. The van der Waals surface area contributed by atoms with E-state index in [1.807, 2.05) is 11.8 Å². The molecule has 0 atom stereocenters. The summed E-state index contributed by atoms with van der Waals surface area (Å²) < 4.78 is 26.2. The number of halogens is 2. The van der Waals surface area contributed by atoms with E-state index in [1.165, 1.54) is 36.5 Å². The molecule has 0 aliphatic carbocycles. The van der Waals surface area contributed by atoms with Gasteiger partial charge in [0, 0.05) is 6.54 Å².